The van der Waals surface area contributed by atoms with Crippen LogP contribution in [0.4, 0.5) is 0 Å². The summed E-state index contributed by atoms with van der Waals surface area (Å²) in [7, 11) is 0. The lowest BCUT2D eigenvalue weighted by Gasteiger charge is -2.39. The second kappa shape index (κ2) is 9.80. The molecule has 4 unspecified atom stereocenters. The van der Waals surface area contributed by atoms with Gasteiger partial charge in [-0.05, 0) is 62.2 Å². The van der Waals surface area contributed by atoms with Crippen molar-refractivity contribution >= 4 is 29.0 Å². The van der Waals surface area contributed by atoms with Crippen LogP contribution in [0.3, 0.4) is 0 Å². The van der Waals surface area contributed by atoms with Crippen molar-refractivity contribution in [1.82, 2.24) is 5.32 Å². The average molecular weight is 471 g/mol. The summed E-state index contributed by atoms with van der Waals surface area (Å²) in [5, 5.41) is 5.08. The number of amidine groups is 1. The summed E-state index contributed by atoms with van der Waals surface area (Å²) in [4.78, 5) is 5.16. The summed E-state index contributed by atoms with van der Waals surface area (Å²) < 4.78 is 12.5. The minimum Gasteiger partial charge on any atom is -0.364 e. The number of halogens is 2. The molecule has 1 aliphatic carbocycles. The van der Waals surface area contributed by atoms with Crippen molar-refractivity contribution in [2.24, 2.45) is 10.9 Å². The summed E-state index contributed by atoms with van der Waals surface area (Å²) in [6.45, 7) is 6.53. The maximum Gasteiger partial charge on any atom is 0.201 e. The van der Waals surface area contributed by atoms with Gasteiger partial charge in [-0.1, -0.05) is 65.7 Å². The van der Waals surface area contributed by atoms with E-state index in [0.29, 0.717) is 16.7 Å². The first-order valence-electron chi connectivity index (χ1n) is 10.9. The highest BCUT2D eigenvalue weighted by molar-refractivity contribution is 6.30. The van der Waals surface area contributed by atoms with Crippen LogP contribution in [0.15, 0.2) is 77.8 Å². The molecule has 2 aliphatic rings. The highest BCUT2D eigenvalue weighted by Crippen LogP contribution is 2.41. The van der Waals surface area contributed by atoms with Crippen LogP contribution in [0.2, 0.25) is 10.0 Å². The number of hydrogen-bond acceptors (Lipinski definition) is 4. The van der Waals surface area contributed by atoms with Crippen LogP contribution in [-0.2, 0) is 9.47 Å². The number of rotatable bonds is 7. The van der Waals surface area contributed by atoms with Gasteiger partial charge in [0.25, 0.3) is 0 Å². The Hall–Kier alpha value is -2.11. The molecule has 4 rings (SSSR count). The van der Waals surface area contributed by atoms with Crippen molar-refractivity contribution in [3.63, 3.8) is 0 Å². The lowest BCUT2D eigenvalue weighted by molar-refractivity contribution is -0.230. The average Bonchev–Trinajstić information content (AvgIpc) is 3.20. The molecule has 1 aliphatic heterocycles. The van der Waals surface area contributed by atoms with E-state index in [9.17, 15) is 0 Å². The molecule has 1 N–H and O–H groups in total. The third-order valence-corrected chi connectivity index (χ3v) is 6.10. The standard InChI is InChI=1S/C26H28Cl2N2O2/c1-4-31-26(32-17(2)3)16-6-5-7-22(26)25-29-23(18-8-12-20(27)13-9-18)24(30-25)19-10-14-21(28)15-11-19/h5-17,22-24H,4H2,1-3H3,(H,29,30). The molecule has 0 bridgehead atoms. The fourth-order valence-corrected chi connectivity index (χ4v) is 4.55. The zero-order chi connectivity index (χ0) is 22.7. The fraction of sp³-hybridized carbons (Fsp3) is 0.346. The van der Waals surface area contributed by atoms with E-state index in [0.717, 1.165) is 17.0 Å². The summed E-state index contributed by atoms with van der Waals surface area (Å²) in [5.41, 5.74) is 2.19. The van der Waals surface area contributed by atoms with Crippen LogP contribution >= 0.6 is 23.2 Å². The van der Waals surface area contributed by atoms with Crippen molar-refractivity contribution in [2.75, 3.05) is 6.61 Å². The molecule has 0 radical (unpaired) electrons. The third-order valence-electron chi connectivity index (χ3n) is 5.60. The predicted molar refractivity (Wildman–Crippen MR) is 131 cm³/mol. The van der Waals surface area contributed by atoms with Gasteiger partial charge in [0.2, 0.25) is 5.79 Å². The number of benzene rings is 2. The van der Waals surface area contributed by atoms with Gasteiger partial charge in [-0.25, -0.2) is 0 Å². The zero-order valence-electron chi connectivity index (χ0n) is 18.5. The van der Waals surface area contributed by atoms with Crippen molar-refractivity contribution < 1.29 is 9.47 Å². The summed E-state index contributed by atoms with van der Waals surface area (Å²) in [6, 6.07) is 15.6. The second-order valence-electron chi connectivity index (χ2n) is 8.23. The number of nitrogens with one attached hydrogen (secondary N) is 1. The maximum atomic E-state index is 6.34. The topological polar surface area (TPSA) is 42.9 Å². The Morgan fingerprint density at radius 1 is 0.969 bits per heavy atom. The van der Waals surface area contributed by atoms with E-state index in [1.165, 1.54) is 0 Å². The molecule has 0 aromatic heterocycles. The van der Waals surface area contributed by atoms with Gasteiger partial charge in [0.15, 0.2) is 0 Å². The van der Waals surface area contributed by atoms with Crippen LogP contribution < -0.4 is 5.32 Å². The van der Waals surface area contributed by atoms with E-state index >= 15 is 0 Å². The van der Waals surface area contributed by atoms with Crippen molar-refractivity contribution in [3.8, 4) is 0 Å². The van der Waals surface area contributed by atoms with Crippen molar-refractivity contribution in [2.45, 2.75) is 44.7 Å². The van der Waals surface area contributed by atoms with Crippen LogP contribution in [0.25, 0.3) is 0 Å². The van der Waals surface area contributed by atoms with Gasteiger partial charge in [0.1, 0.15) is 11.9 Å². The second-order valence-corrected chi connectivity index (χ2v) is 9.10. The van der Waals surface area contributed by atoms with Gasteiger partial charge in [0.05, 0.1) is 18.1 Å². The lowest BCUT2D eigenvalue weighted by Crippen LogP contribution is -2.50. The Balaban J connectivity index is 1.74. The molecule has 6 heteroatoms. The minimum atomic E-state index is -0.914. The normalized spacial score (nSPS) is 26.9. The number of aliphatic imine (C=N–C) groups is 1. The van der Waals surface area contributed by atoms with E-state index in [4.69, 9.17) is 37.7 Å². The van der Waals surface area contributed by atoms with Crippen LogP contribution in [0, 0.1) is 5.92 Å². The number of nitrogens with zero attached hydrogens (tertiary/aromatic N) is 1. The first-order chi connectivity index (χ1) is 15.4. The van der Waals surface area contributed by atoms with Gasteiger partial charge in [-0.15, -0.1) is 0 Å². The molecule has 168 valence electrons. The molecule has 0 amide bonds. The van der Waals surface area contributed by atoms with Gasteiger partial charge in [-0.3, -0.25) is 4.99 Å². The largest absolute Gasteiger partial charge is 0.364 e. The SMILES string of the molecule is CCOC1(OC(C)C)C=CC=CC1C1=NC(c2ccc(Cl)cc2)C(c2ccc(Cl)cc2)N1. The van der Waals surface area contributed by atoms with Crippen LogP contribution in [-0.4, -0.2) is 24.3 Å². The quantitative estimate of drug-likeness (QED) is 0.458. The third kappa shape index (κ3) is 4.79. The monoisotopic (exact) mass is 470 g/mol. The highest BCUT2D eigenvalue weighted by atomic mass is 35.5. The lowest BCUT2D eigenvalue weighted by atomic mass is 9.91. The van der Waals surface area contributed by atoms with Gasteiger partial charge >= 0.3 is 0 Å². The molecule has 2 aromatic rings. The van der Waals surface area contributed by atoms with Gasteiger partial charge in [0, 0.05) is 16.7 Å². The van der Waals surface area contributed by atoms with Gasteiger partial charge < -0.3 is 14.8 Å². The smallest absolute Gasteiger partial charge is 0.201 e. The van der Waals surface area contributed by atoms with E-state index in [2.05, 4.69) is 11.4 Å². The molecule has 32 heavy (non-hydrogen) atoms. The molecule has 0 spiro atoms. The van der Waals surface area contributed by atoms with Crippen LogP contribution in [0.1, 0.15) is 44.0 Å². The summed E-state index contributed by atoms with van der Waals surface area (Å²) in [5.74, 6) is -0.287. The van der Waals surface area contributed by atoms with E-state index in [1.54, 1.807) is 0 Å². The molecular weight excluding hydrogens is 443 g/mol. The molecule has 0 saturated heterocycles. The molecule has 1 heterocycles. The minimum absolute atomic E-state index is 0.0127. The van der Waals surface area contributed by atoms with E-state index in [-0.39, 0.29) is 24.1 Å². The molecule has 4 atom stereocenters. The fourth-order valence-electron chi connectivity index (χ4n) is 4.30. The molecular formula is C26H28Cl2N2O2. The predicted octanol–water partition coefficient (Wildman–Crippen LogP) is 6.68. The maximum absolute atomic E-state index is 6.34. The van der Waals surface area contributed by atoms with Crippen molar-refractivity contribution in [3.05, 3.63) is 94.0 Å². The number of allylic oxidation sites excluding steroid dienone is 2. The zero-order valence-corrected chi connectivity index (χ0v) is 20.0. The van der Waals surface area contributed by atoms with Crippen molar-refractivity contribution in [1.29, 1.82) is 0 Å². The highest BCUT2D eigenvalue weighted by Gasteiger charge is 2.45. The first kappa shape index (κ1) is 23.1. The Morgan fingerprint density at radius 2 is 1.59 bits per heavy atom. The Morgan fingerprint density at radius 3 is 2.19 bits per heavy atom. The number of hydrogen-bond donors (Lipinski definition) is 1. The molecule has 0 fully saturated rings. The Labute approximate surface area is 199 Å². The number of ether oxygens (including phenoxy) is 2. The molecule has 2 aromatic carbocycles. The summed E-state index contributed by atoms with van der Waals surface area (Å²) >= 11 is 12.3. The van der Waals surface area contributed by atoms with E-state index in [1.807, 2.05) is 87.5 Å². The van der Waals surface area contributed by atoms with Crippen LogP contribution in [0.5, 0.6) is 0 Å². The summed E-state index contributed by atoms with van der Waals surface area (Å²) in [6.07, 6.45) is 8.05. The Kier molecular flexibility index (Phi) is 7.06. The van der Waals surface area contributed by atoms with E-state index < -0.39 is 5.79 Å². The Bertz CT molecular complexity index is 1020. The van der Waals surface area contributed by atoms with Gasteiger partial charge in [-0.2, -0.15) is 0 Å². The molecule has 0 saturated carbocycles. The first-order valence-corrected chi connectivity index (χ1v) is 11.7. The molecule has 4 nitrogen and oxygen atoms in total.